The molecule has 58 heavy (non-hydrogen) atoms. The van der Waals surface area contributed by atoms with Gasteiger partial charge in [0.05, 0.1) is 34.4 Å². The van der Waals surface area contributed by atoms with E-state index in [0.29, 0.717) is 17.2 Å². The van der Waals surface area contributed by atoms with Crippen molar-refractivity contribution < 1.29 is 0 Å². The summed E-state index contributed by atoms with van der Waals surface area (Å²) in [5.41, 5.74) is 10.2. The molecule has 8 aromatic rings. The molecule has 2 heterocycles. The normalized spacial score (nSPS) is 18.4. The average Bonchev–Trinajstić information content (AvgIpc) is 3.96. The van der Waals surface area contributed by atoms with Crippen molar-refractivity contribution in [3.63, 3.8) is 0 Å². The number of nitrogens with zero attached hydrogens (tertiary/aromatic N) is 5. The zero-order valence-corrected chi connectivity index (χ0v) is 32.3. The summed E-state index contributed by atoms with van der Waals surface area (Å²) in [5.74, 6) is 1.21. The van der Waals surface area contributed by atoms with Gasteiger partial charge in [0.15, 0.2) is 5.84 Å². The monoisotopic (exact) mass is 748 g/mol. The largest absolute Gasteiger partial charge is 0.343 e. The number of para-hydroxylation sites is 4. The van der Waals surface area contributed by atoms with Gasteiger partial charge < -0.3 is 14.5 Å². The van der Waals surface area contributed by atoms with Crippen LogP contribution in [0.5, 0.6) is 0 Å². The predicted octanol–water partition coefficient (Wildman–Crippen LogP) is 11.7. The van der Waals surface area contributed by atoms with Crippen molar-refractivity contribution in [3.05, 3.63) is 210 Å². The first-order chi connectivity index (χ1) is 28.6. The number of fused-ring (bicyclic) bond motifs is 6. The van der Waals surface area contributed by atoms with Gasteiger partial charge in [-0.1, -0.05) is 140 Å². The molecule has 0 aliphatic heterocycles. The zero-order valence-electron chi connectivity index (χ0n) is 32.3. The third-order valence-electron chi connectivity index (χ3n) is 11.7. The molecule has 278 valence electrons. The molecule has 10 rings (SSSR count). The lowest BCUT2D eigenvalue weighted by atomic mass is 9.78. The predicted molar refractivity (Wildman–Crippen MR) is 240 cm³/mol. The van der Waals surface area contributed by atoms with E-state index in [4.69, 9.17) is 9.98 Å². The first kappa shape index (κ1) is 35.0. The van der Waals surface area contributed by atoms with E-state index >= 15 is 0 Å². The highest BCUT2D eigenvalue weighted by Crippen LogP contribution is 2.48. The fraction of sp³-hybridized carbons (Fsp3) is 0.0962. The lowest BCUT2D eigenvalue weighted by Crippen LogP contribution is -2.35. The lowest BCUT2D eigenvalue weighted by Gasteiger charge is -2.36. The van der Waals surface area contributed by atoms with Crippen LogP contribution in [-0.4, -0.2) is 27.9 Å². The summed E-state index contributed by atoms with van der Waals surface area (Å²) in [4.78, 5) is 10.4. The van der Waals surface area contributed by atoms with E-state index < -0.39 is 0 Å². The SMILES string of the molecule is CN=C(N=C(NC1=CC=C[C@@H]1C)C1=C(n2c3ccccc3c3ccccc32)C=CC(n2c3ccccc3c3ccccc32)C1c1ccc(C#N)cc1)c1ccccc1. The van der Waals surface area contributed by atoms with Gasteiger partial charge in [-0.15, -0.1) is 0 Å². The maximum Gasteiger partial charge on any atom is 0.156 e. The third kappa shape index (κ3) is 5.79. The van der Waals surface area contributed by atoms with E-state index in [1.54, 1.807) is 0 Å². The third-order valence-corrected chi connectivity index (χ3v) is 11.7. The Hall–Kier alpha value is -7.49. The molecule has 0 saturated heterocycles. The molecule has 2 aliphatic carbocycles. The van der Waals surface area contributed by atoms with Crippen molar-refractivity contribution in [2.24, 2.45) is 15.9 Å². The van der Waals surface area contributed by atoms with Crippen LogP contribution in [0.1, 0.15) is 35.6 Å². The molecule has 0 saturated carbocycles. The summed E-state index contributed by atoms with van der Waals surface area (Å²) >= 11 is 0. The number of nitriles is 1. The van der Waals surface area contributed by atoms with Crippen molar-refractivity contribution >= 4 is 61.0 Å². The van der Waals surface area contributed by atoms with Gasteiger partial charge in [0.1, 0.15) is 5.84 Å². The maximum absolute atomic E-state index is 9.97. The van der Waals surface area contributed by atoms with Crippen LogP contribution in [0.3, 0.4) is 0 Å². The van der Waals surface area contributed by atoms with Gasteiger partial charge in [0.25, 0.3) is 0 Å². The second-order valence-electron chi connectivity index (χ2n) is 14.9. The second-order valence-corrected chi connectivity index (χ2v) is 14.9. The van der Waals surface area contributed by atoms with Gasteiger partial charge >= 0.3 is 0 Å². The average molecular weight is 749 g/mol. The van der Waals surface area contributed by atoms with Crippen LogP contribution >= 0.6 is 0 Å². The molecular formula is C52H40N6. The molecule has 0 amide bonds. The number of hydrogen-bond acceptors (Lipinski definition) is 2. The molecule has 1 N–H and O–H groups in total. The van der Waals surface area contributed by atoms with Crippen LogP contribution in [0.2, 0.25) is 0 Å². The number of aromatic nitrogens is 2. The van der Waals surface area contributed by atoms with Gasteiger partial charge in [0.2, 0.25) is 0 Å². The maximum atomic E-state index is 9.97. The van der Waals surface area contributed by atoms with Crippen LogP contribution in [0.15, 0.2) is 203 Å². The van der Waals surface area contributed by atoms with Crippen LogP contribution in [0.25, 0.3) is 49.3 Å². The summed E-state index contributed by atoms with van der Waals surface area (Å²) < 4.78 is 4.90. The Morgan fingerprint density at radius 3 is 1.76 bits per heavy atom. The summed E-state index contributed by atoms with van der Waals surface area (Å²) in [6.45, 7) is 2.20. The number of hydrogen-bond donors (Lipinski definition) is 1. The molecular weight excluding hydrogens is 709 g/mol. The van der Waals surface area contributed by atoms with Crippen LogP contribution in [0, 0.1) is 17.2 Å². The number of amidine groups is 2. The summed E-state index contributed by atoms with van der Waals surface area (Å²) in [7, 11) is 1.81. The number of aliphatic imine (C=N–C) groups is 2. The van der Waals surface area contributed by atoms with E-state index in [-0.39, 0.29) is 17.9 Å². The van der Waals surface area contributed by atoms with Gasteiger partial charge in [0, 0.05) is 68.3 Å². The summed E-state index contributed by atoms with van der Waals surface area (Å²) in [6, 6.07) is 55.1. The molecule has 2 unspecified atom stereocenters. The minimum atomic E-state index is -0.280. The highest BCUT2D eigenvalue weighted by Gasteiger charge is 2.37. The minimum absolute atomic E-state index is 0.154. The summed E-state index contributed by atoms with van der Waals surface area (Å²) in [6.07, 6.45) is 11.1. The molecule has 3 atom stereocenters. The van der Waals surface area contributed by atoms with E-state index in [2.05, 4.69) is 179 Å². The first-order valence-corrected chi connectivity index (χ1v) is 19.8. The number of rotatable bonds is 6. The zero-order chi connectivity index (χ0) is 39.2. The molecule has 6 heteroatoms. The van der Waals surface area contributed by atoms with Crippen molar-refractivity contribution in [1.29, 1.82) is 5.26 Å². The Morgan fingerprint density at radius 2 is 1.21 bits per heavy atom. The van der Waals surface area contributed by atoms with Gasteiger partial charge in [-0.25, -0.2) is 4.99 Å². The quantitative estimate of drug-likeness (QED) is 0.136. The second kappa shape index (κ2) is 14.5. The summed E-state index contributed by atoms with van der Waals surface area (Å²) in [5, 5.41) is 18.7. The van der Waals surface area contributed by atoms with Gasteiger partial charge in [-0.2, -0.15) is 5.26 Å². The Labute approximate surface area is 337 Å². The molecule has 6 nitrogen and oxygen atoms in total. The van der Waals surface area contributed by atoms with E-state index in [1.807, 2.05) is 37.4 Å². The van der Waals surface area contributed by atoms with Crippen molar-refractivity contribution in [1.82, 2.24) is 14.5 Å². The fourth-order valence-electron chi connectivity index (χ4n) is 8.97. The van der Waals surface area contributed by atoms with Crippen LogP contribution in [-0.2, 0) is 0 Å². The Kier molecular flexibility index (Phi) is 8.77. The Bertz CT molecular complexity index is 3020. The van der Waals surface area contributed by atoms with Crippen molar-refractivity contribution in [3.8, 4) is 6.07 Å². The number of nitrogens with one attached hydrogen (secondary N) is 1. The molecule has 2 aliphatic rings. The number of allylic oxidation sites excluding steroid dienone is 6. The van der Waals surface area contributed by atoms with Gasteiger partial charge in [-0.3, -0.25) is 4.99 Å². The van der Waals surface area contributed by atoms with Crippen LogP contribution < -0.4 is 5.32 Å². The first-order valence-electron chi connectivity index (χ1n) is 19.8. The van der Waals surface area contributed by atoms with Crippen molar-refractivity contribution in [2.45, 2.75) is 18.9 Å². The van der Waals surface area contributed by atoms with Gasteiger partial charge in [-0.05, 0) is 54.1 Å². The van der Waals surface area contributed by atoms with Crippen molar-refractivity contribution in [2.75, 3.05) is 7.05 Å². The highest BCUT2D eigenvalue weighted by molar-refractivity contribution is 6.18. The topological polar surface area (TPSA) is 70.4 Å². The smallest absolute Gasteiger partial charge is 0.156 e. The molecule has 0 fully saturated rings. The minimum Gasteiger partial charge on any atom is -0.343 e. The van der Waals surface area contributed by atoms with E-state index in [1.165, 1.54) is 21.5 Å². The standard InChI is InChI=1S/C52H40N6/c1-34-15-14-22-42(34)55-52(56-51(54-2)37-16-4-3-5-17-37)50-48(58-45-25-12-8-20-40(45)41-21-9-13-26-46(41)58)32-31-47(49(50)36-29-27-35(33-53)28-30-36)57-43-23-10-6-18-38(43)39-19-7-11-24-44(39)57/h3-32,34,47,49H,1-2H3,(H,54,55,56)/t34-,47?,49?/m0/s1. The lowest BCUT2D eigenvalue weighted by molar-refractivity contribution is 0.564. The molecule has 2 aromatic heterocycles. The van der Waals surface area contributed by atoms with Crippen LogP contribution in [0.4, 0.5) is 0 Å². The Balaban J connectivity index is 1.35. The molecule has 0 bridgehead atoms. The molecule has 6 aromatic carbocycles. The fourth-order valence-corrected chi connectivity index (χ4v) is 8.97. The molecule has 0 spiro atoms. The Morgan fingerprint density at radius 1 is 0.655 bits per heavy atom. The van der Waals surface area contributed by atoms with E-state index in [0.717, 1.165) is 50.2 Å². The number of benzene rings is 6. The molecule has 0 radical (unpaired) electrons. The highest BCUT2D eigenvalue weighted by atomic mass is 15.1. The van der Waals surface area contributed by atoms with E-state index in [9.17, 15) is 5.26 Å².